The number of nitrogens with zero attached hydrogens (tertiary/aromatic N) is 2. The van der Waals surface area contributed by atoms with Crippen molar-refractivity contribution in [2.45, 2.75) is 31.8 Å². The third-order valence-corrected chi connectivity index (χ3v) is 3.24. The van der Waals surface area contributed by atoms with Crippen molar-refractivity contribution >= 4 is 0 Å². The lowest BCUT2D eigenvalue weighted by atomic mass is 9.98. The standard InChI is InChI=1S/C14H25N3O/c1-4-13(15)14(12-7-5-8-16-11-12)17(2)9-6-10-18-3/h5,7-8,11,13-14H,4,6,9-10,15H2,1-3H3. The van der Waals surface area contributed by atoms with E-state index in [1.54, 1.807) is 13.3 Å². The van der Waals surface area contributed by atoms with Gasteiger partial charge >= 0.3 is 0 Å². The first-order valence-corrected chi connectivity index (χ1v) is 6.55. The lowest BCUT2D eigenvalue weighted by Gasteiger charge is -2.32. The quantitative estimate of drug-likeness (QED) is 0.716. The van der Waals surface area contributed by atoms with Crippen LogP contribution in [0.1, 0.15) is 31.4 Å². The van der Waals surface area contributed by atoms with Crippen molar-refractivity contribution in [3.05, 3.63) is 30.1 Å². The van der Waals surface area contributed by atoms with Crippen LogP contribution in [0.5, 0.6) is 0 Å². The van der Waals surface area contributed by atoms with Gasteiger partial charge in [0.15, 0.2) is 0 Å². The summed E-state index contributed by atoms with van der Waals surface area (Å²) in [6.45, 7) is 3.88. The largest absolute Gasteiger partial charge is 0.385 e. The Morgan fingerprint density at radius 2 is 2.28 bits per heavy atom. The average molecular weight is 251 g/mol. The topological polar surface area (TPSA) is 51.4 Å². The number of rotatable bonds is 8. The highest BCUT2D eigenvalue weighted by Gasteiger charge is 2.22. The van der Waals surface area contributed by atoms with Crippen molar-refractivity contribution in [3.63, 3.8) is 0 Å². The van der Waals surface area contributed by atoms with Crippen molar-refractivity contribution in [1.82, 2.24) is 9.88 Å². The van der Waals surface area contributed by atoms with Gasteiger partial charge in [0.2, 0.25) is 0 Å². The molecule has 2 unspecified atom stereocenters. The van der Waals surface area contributed by atoms with E-state index < -0.39 is 0 Å². The first kappa shape index (κ1) is 15.1. The van der Waals surface area contributed by atoms with Crippen LogP contribution in [0.2, 0.25) is 0 Å². The molecule has 0 fully saturated rings. The van der Waals surface area contributed by atoms with Crippen molar-refractivity contribution in [3.8, 4) is 0 Å². The molecule has 0 amide bonds. The van der Waals surface area contributed by atoms with Gasteiger partial charge in [0.1, 0.15) is 0 Å². The summed E-state index contributed by atoms with van der Waals surface area (Å²) in [6, 6.07) is 4.41. The summed E-state index contributed by atoms with van der Waals surface area (Å²) in [4.78, 5) is 6.49. The lowest BCUT2D eigenvalue weighted by molar-refractivity contribution is 0.155. The van der Waals surface area contributed by atoms with E-state index in [-0.39, 0.29) is 12.1 Å². The van der Waals surface area contributed by atoms with Gasteiger partial charge in [-0.25, -0.2) is 0 Å². The predicted octanol–water partition coefficient (Wildman–Crippen LogP) is 1.83. The molecule has 0 spiro atoms. The fourth-order valence-electron chi connectivity index (χ4n) is 2.20. The first-order valence-electron chi connectivity index (χ1n) is 6.55. The Balaban J connectivity index is 2.72. The Morgan fingerprint density at radius 3 is 2.83 bits per heavy atom. The fraction of sp³-hybridized carbons (Fsp3) is 0.643. The van der Waals surface area contributed by atoms with E-state index in [0.717, 1.165) is 26.0 Å². The molecule has 0 aliphatic heterocycles. The van der Waals surface area contributed by atoms with Crippen LogP contribution in [0.4, 0.5) is 0 Å². The molecule has 1 aromatic rings. The highest BCUT2D eigenvalue weighted by molar-refractivity contribution is 5.16. The number of pyridine rings is 1. The maximum atomic E-state index is 6.25. The van der Waals surface area contributed by atoms with Crippen molar-refractivity contribution < 1.29 is 4.74 Å². The van der Waals surface area contributed by atoms with Crippen LogP contribution < -0.4 is 5.73 Å². The van der Waals surface area contributed by atoms with Crippen LogP contribution in [0.15, 0.2) is 24.5 Å². The molecule has 2 atom stereocenters. The van der Waals surface area contributed by atoms with E-state index in [4.69, 9.17) is 10.5 Å². The molecule has 1 aromatic heterocycles. The van der Waals surface area contributed by atoms with Crippen LogP contribution in [0.25, 0.3) is 0 Å². The average Bonchev–Trinajstić information content (AvgIpc) is 2.40. The molecule has 4 nitrogen and oxygen atoms in total. The van der Waals surface area contributed by atoms with Gasteiger partial charge in [0.05, 0.1) is 6.04 Å². The summed E-state index contributed by atoms with van der Waals surface area (Å²) >= 11 is 0. The summed E-state index contributed by atoms with van der Waals surface area (Å²) in [5.74, 6) is 0. The Morgan fingerprint density at radius 1 is 1.50 bits per heavy atom. The minimum Gasteiger partial charge on any atom is -0.385 e. The van der Waals surface area contributed by atoms with Crippen molar-refractivity contribution in [2.24, 2.45) is 5.73 Å². The molecule has 0 aliphatic carbocycles. The Kier molecular flexibility index (Phi) is 6.86. The zero-order chi connectivity index (χ0) is 13.4. The van der Waals surface area contributed by atoms with Crippen LogP contribution in [-0.4, -0.2) is 43.2 Å². The van der Waals surface area contributed by atoms with Gasteiger partial charge in [0, 0.05) is 38.7 Å². The van der Waals surface area contributed by atoms with Crippen LogP contribution in [0, 0.1) is 0 Å². The monoisotopic (exact) mass is 251 g/mol. The smallest absolute Gasteiger partial charge is 0.0511 e. The van der Waals surface area contributed by atoms with E-state index in [2.05, 4.69) is 29.9 Å². The maximum absolute atomic E-state index is 6.25. The first-order chi connectivity index (χ1) is 8.70. The van der Waals surface area contributed by atoms with E-state index in [9.17, 15) is 0 Å². The second-order valence-corrected chi connectivity index (χ2v) is 4.63. The lowest BCUT2D eigenvalue weighted by Crippen LogP contribution is -2.39. The predicted molar refractivity (Wildman–Crippen MR) is 74.4 cm³/mol. The van der Waals surface area contributed by atoms with Gasteiger partial charge in [-0.2, -0.15) is 0 Å². The van der Waals surface area contributed by atoms with Crippen LogP contribution in [-0.2, 0) is 4.74 Å². The fourth-order valence-corrected chi connectivity index (χ4v) is 2.20. The third kappa shape index (κ3) is 4.37. The number of nitrogens with two attached hydrogens (primary N) is 1. The minimum absolute atomic E-state index is 0.127. The van der Waals surface area contributed by atoms with Crippen molar-refractivity contribution in [1.29, 1.82) is 0 Å². The molecule has 0 saturated carbocycles. The summed E-state index contributed by atoms with van der Waals surface area (Å²) < 4.78 is 5.09. The SMILES string of the molecule is CCC(N)C(c1cccnc1)N(C)CCCOC. The number of hydrogen-bond donors (Lipinski definition) is 1. The molecular weight excluding hydrogens is 226 g/mol. The van der Waals surface area contributed by atoms with E-state index in [1.807, 2.05) is 12.3 Å². The Bertz CT molecular complexity index is 318. The number of ether oxygens (including phenoxy) is 1. The zero-order valence-corrected chi connectivity index (χ0v) is 11.7. The summed E-state index contributed by atoms with van der Waals surface area (Å²) in [5.41, 5.74) is 7.44. The van der Waals surface area contributed by atoms with E-state index in [1.165, 1.54) is 5.56 Å². The van der Waals surface area contributed by atoms with Gasteiger partial charge in [-0.05, 0) is 31.5 Å². The third-order valence-electron chi connectivity index (χ3n) is 3.24. The molecule has 18 heavy (non-hydrogen) atoms. The molecule has 0 aliphatic rings. The summed E-state index contributed by atoms with van der Waals surface area (Å²) in [5, 5.41) is 0. The molecule has 0 bridgehead atoms. The Hall–Kier alpha value is -0.970. The second-order valence-electron chi connectivity index (χ2n) is 4.63. The van der Waals surface area contributed by atoms with E-state index in [0.29, 0.717) is 0 Å². The normalized spacial score (nSPS) is 14.7. The van der Waals surface area contributed by atoms with Gasteiger partial charge in [-0.1, -0.05) is 13.0 Å². The number of methoxy groups -OCH3 is 1. The molecule has 4 heteroatoms. The summed E-state index contributed by atoms with van der Waals surface area (Å²) in [7, 11) is 3.85. The molecule has 0 saturated heterocycles. The number of hydrogen-bond acceptors (Lipinski definition) is 4. The molecule has 102 valence electrons. The molecule has 0 aromatic carbocycles. The minimum atomic E-state index is 0.127. The second kappa shape index (κ2) is 8.19. The Labute approximate surface area is 110 Å². The van der Waals surface area contributed by atoms with Gasteiger partial charge < -0.3 is 10.5 Å². The molecule has 0 radical (unpaired) electrons. The van der Waals surface area contributed by atoms with Crippen LogP contribution in [0.3, 0.4) is 0 Å². The molecule has 1 heterocycles. The molecular formula is C14H25N3O. The highest BCUT2D eigenvalue weighted by Crippen LogP contribution is 2.23. The summed E-state index contributed by atoms with van der Waals surface area (Å²) in [6.07, 6.45) is 5.67. The number of aromatic nitrogens is 1. The van der Waals surface area contributed by atoms with Crippen molar-refractivity contribution in [2.75, 3.05) is 27.3 Å². The maximum Gasteiger partial charge on any atom is 0.0511 e. The van der Waals surface area contributed by atoms with Gasteiger partial charge in [0.25, 0.3) is 0 Å². The van der Waals surface area contributed by atoms with E-state index >= 15 is 0 Å². The van der Waals surface area contributed by atoms with Gasteiger partial charge in [-0.3, -0.25) is 9.88 Å². The van der Waals surface area contributed by atoms with Crippen LogP contribution >= 0.6 is 0 Å². The van der Waals surface area contributed by atoms with Gasteiger partial charge in [-0.15, -0.1) is 0 Å². The zero-order valence-electron chi connectivity index (χ0n) is 11.7. The number of likely N-dealkylation sites (N-methyl/N-ethyl adjacent to an activating group) is 1. The molecule has 1 rings (SSSR count). The molecule has 2 N–H and O–H groups in total. The highest BCUT2D eigenvalue weighted by atomic mass is 16.5.